The lowest BCUT2D eigenvalue weighted by molar-refractivity contribution is -0.131. The molecule has 0 saturated carbocycles. The summed E-state index contributed by atoms with van der Waals surface area (Å²) in [6.07, 6.45) is 3.49. The van der Waals surface area contributed by atoms with Gasteiger partial charge in [0, 0.05) is 38.0 Å². The predicted molar refractivity (Wildman–Crippen MR) is 121 cm³/mol. The molecular formula is C22H25N5O4S. The van der Waals surface area contributed by atoms with Gasteiger partial charge >= 0.3 is 0 Å². The molecule has 0 aliphatic carbocycles. The number of carbonyl (C=O) groups is 2. The van der Waals surface area contributed by atoms with Crippen molar-refractivity contribution in [2.45, 2.75) is 31.3 Å². The molecule has 2 N–H and O–H groups in total. The zero-order chi connectivity index (χ0) is 23.3. The fourth-order valence-corrected chi connectivity index (χ4v) is 4.31. The van der Waals surface area contributed by atoms with Gasteiger partial charge in [-0.1, -0.05) is 18.2 Å². The molecule has 0 fully saturated rings. The van der Waals surface area contributed by atoms with Crippen LogP contribution in [0.1, 0.15) is 19.4 Å². The lowest BCUT2D eigenvalue weighted by atomic mass is 10.2. The van der Waals surface area contributed by atoms with Crippen molar-refractivity contribution >= 4 is 27.5 Å². The highest BCUT2D eigenvalue weighted by Gasteiger charge is 2.24. The number of aromatic nitrogens is 2. The molecule has 10 heteroatoms. The number of para-hydroxylation sites is 1. The van der Waals surface area contributed by atoms with Gasteiger partial charge in [-0.15, -0.1) is 0 Å². The monoisotopic (exact) mass is 455 g/mol. The van der Waals surface area contributed by atoms with Crippen molar-refractivity contribution in [1.29, 1.82) is 0 Å². The fraction of sp³-hybridized carbons (Fsp3) is 0.227. The van der Waals surface area contributed by atoms with Crippen LogP contribution in [0.25, 0.3) is 5.69 Å². The lowest BCUT2D eigenvalue weighted by Gasteiger charge is -2.21. The van der Waals surface area contributed by atoms with Gasteiger partial charge in [0.25, 0.3) is 0 Å². The first-order chi connectivity index (χ1) is 15.2. The second kappa shape index (κ2) is 9.75. The van der Waals surface area contributed by atoms with Crippen molar-refractivity contribution in [3.05, 3.63) is 72.6 Å². The first-order valence-electron chi connectivity index (χ1n) is 9.89. The molecule has 3 aromatic rings. The molecule has 0 aliphatic heterocycles. The Morgan fingerprint density at radius 3 is 2.38 bits per heavy atom. The molecule has 9 nitrogen and oxygen atoms in total. The minimum atomic E-state index is -3.91. The van der Waals surface area contributed by atoms with Crippen LogP contribution in [-0.2, 0) is 26.2 Å². The number of hydrogen-bond donors (Lipinski definition) is 2. The minimum Gasteiger partial charge on any atom is -0.340 e. The van der Waals surface area contributed by atoms with Gasteiger partial charge in [0.1, 0.15) is 0 Å². The third-order valence-electron chi connectivity index (χ3n) is 4.64. The van der Waals surface area contributed by atoms with E-state index in [1.807, 2.05) is 36.5 Å². The van der Waals surface area contributed by atoms with E-state index in [0.29, 0.717) is 5.69 Å². The third kappa shape index (κ3) is 5.80. The van der Waals surface area contributed by atoms with E-state index in [4.69, 9.17) is 0 Å². The molecule has 168 valence electrons. The molecule has 1 aromatic heterocycles. The maximum atomic E-state index is 12.7. The van der Waals surface area contributed by atoms with Crippen LogP contribution in [0.2, 0.25) is 0 Å². The Kier molecular flexibility index (Phi) is 7.06. The summed E-state index contributed by atoms with van der Waals surface area (Å²) in [7, 11) is -2.31. The average Bonchev–Trinajstić information content (AvgIpc) is 3.22. The highest BCUT2D eigenvalue weighted by atomic mass is 32.2. The van der Waals surface area contributed by atoms with Gasteiger partial charge in [-0.05, 0) is 43.3 Å². The van der Waals surface area contributed by atoms with Crippen LogP contribution in [0.4, 0.5) is 5.69 Å². The summed E-state index contributed by atoms with van der Waals surface area (Å²) in [6.45, 7) is 3.14. The maximum absolute atomic E-state index is 12.7. The van der Waals surface area contributed by atoms with Crippen molar-refractivity contribution in [2.75, 3.05) is 12.4 Å². The SMILES string of the molecule is CC(=O)Nc1ccc(S(=O)(=O)N[C@H](C)C(=O)N(C)Cc2cnn(-c3ccccc3)c2)cc1. The molecule has 0 spiro atoms. The minimum absolute atomic E-state index is 0.00181. The highest BCUT2D eigenvalue weighted by molar-refractivity contribution is 7.89. The molecule has 2 aromatic carbocycles. The van der Waals surface area contributed by atoms with E-state index in [9.17, 15) is 18.0 Å². The quantitative estimate of drug-likeness (QED) is 0.540. The molecule has 0 unspecified atom stereocenters. The van der Waals surface area contributed by atoms with Gasteiger partial charge in [0.15, 0.2) is 0 Å². The Bertz CT molecular complexity index is 1190. The molecule has 0 bridgehead atoms. The second-order valence-corrected chi connectivity index (χ2v) is 9.09. The van der Waals surface area contributed by atoms with Crippen LogP contribution in [-0.4, -0.2) is 48.0 Å². The number of rotatable bonds is 8. The van der Waals surface area contributed by atoms with E-state index >= 15 is 0 Å². The number of sulfonamides is 1. The van der Waals surface area contributed by atoms with E-state index in [2.05, 4.69) is 15.1 Å². The van der Waals surface area contributed by atoms with Gasteiger partial charge in [-0.3, -0.25) is 9.59 Å². The van der Waals surface area contributed by atoms with Crippen LogP contribution >= 0.6 is 0 Å². The van der Waals surface area contributed by atoms with Gasteiger partial charge in [0.05, 0.1) is 22.8 Å². The van der Waals surface area contributed by atoms with Crippen LogP contribution in [0.5, 0.6) is 0 Å². The van der Waals surface area contributed by atoms with Gasteiger partial charge in [0.2, 0.25) is 21.8 Å². The van der Waals surface area contributed by atoms with Crippen molar-refractivity contribution in [2.24, 2.45) is 0 Å². The topological polar surface area (TPSA) is 113 Å². The summed E-state index contributed by atoms with van der Waals surface area (Å²) in [5.74, 6) is -0.633. The molecule has 1 heterocycles. The molecule has 1 atom stereocenters. The fourth-order valence-electron chi connectivity index (χ4n) is 3.12. The normalized spacial score (nSPS) is 12.2. The Morgan fingerprint density at radius 1 is 1.09 bits per heavy atom. The molecule has 32 heavy (non-hydrogen) atoms. The van der Waals surface area contributed by atoms with Crippen LogP contribution in [0.15, 0.2) is 71.9 Å². The molecule has 0 saturated heterocycles. The lowest BCUT2D eigenvalue weighted by Crippen LogP contribution is -2.45. The van der Waals surface area contributed by atoms with Crippen molar-refractivity contribution in [3.8, 4) is 5.69 Å². The standard InChI is InChI=1S/C22H25N5O4S/c1-16(25-32(30,31)21-11-9-19(10-12-21)24-17(2)28)22(29)26(3)14-18-13-23-27(15-18)20-7-5-4-6-8-20/h4-13,15-16,25H,14H2,1-3H3,(H,24,28)/t16-/m1/s1. The summed E-state index contributed by atoms with van der Waals surface area (Å²) in [5, 5.41) is 6.88. The van der Waals surface area contributed by atoms with E-state index in [1.54, 1.807) is 17.9 Å². The number of nitrogens with one attached hydrogen (secondary N) is 2. The van der Waals surface area contributed by atoms with Crippen LogP contribution in [0, 0.1) is 0 Å². The summed E-state index contributed by atoms with van der Waals surface area (Å²) < 4.78 is 29.4. The zero-order valence-electron chi connectivity index (χ0n) is 18.0. The molecule has 0 radical (unpaired) electrons. The maximum Gasteiger partial charge on any atom is 0.241 e. The van der Waals surface area contributed by atoms with Gasteiger partial charge in [-0.2, -0.15) is 9.82 Å². The van der Waals surface area contributed by atoms with Crippen molar-refractivity contribution in [3.63, 3.8) is 0 Å². The Balaban J connectivity index is 1.62. The molecule has 0 aliphatic rings. The summed E-state index contributed by atoms with van der Waals surface area (Å²) >= 11 is 0. The number of nitrogens with zero attached hydrogens (tertiary/aromatic N) is 3. The number of benzene rings is 2. The largest absolute Gasteiger partial charge is 0.340 e. The number of amides is 2. The number of anilines is 1. The molecule has 2 amide bonds. The van der Waals surface area contributed by atoms with Crippen LogP contribution < -0.4 is 10.0 Å². The molecular weight excluding hydrogens is 430 g/mol. The Morgan fingerprint density at radius 2 is 1.75 bits per heavy atom. The average molecular weight is 456 g/mol. The summed E-state index contributed by atoms with van der Waals surface area (Å²) in [6, 6.07) is 14.3. The first kappa shape index (κ1) is 23.2. The molecule has 3 rings (SSSR count). The number of carbonyl (C=O) groups excluding carboxylic acids is 2. The first-order valence-corrected chi connectivity index (χ1v) is 11.4. The Labute approximate surface area is 187 Å². The van der Waals surface area contributed by atoms with Crippen molar-refractivity contribution in [1.82, 2.24) is 19.4 Å². The van der Waals surface area contributed by atoms with E-state index in [1.165, 1.54) is 43.0 Å². The zero-order valence-corrected chi connectivity index (χ0v) is 18.8. The highest BCUT2D eigenvalue weighted by Crippen LogP contribution is 2.15. The summed E-state index contributed by atoms with van der Waals surface area (Å²) in [5.41, 5.74) is 2.20. The van der Waals surface area contributed by atoms with Gasteiger partial charge < -0.3 is 10.2 Å². The predicted octanol–water partition coefficient (Wildman–Crippen LogP) is 2.16. The van der Waals surface area contributed by atoms with Gasteiger partial charge in [-0.25, -0.2) is 13.1 Å². The van der Waals surface area contributed by atoms with E-state index < -0.39 is 16.1 Å². The number of likely N-dealkylation sites (N-methyl/N-ethyl adjacent to an activating group) is 1. The van der Waals surface area contributed by atoms with E-state index in [-0.39, 0.29) is 23.3 Å². The van der Waals surface area contributed by atoms with Crippen molar-refractivity contribution < 1.29 is 18.0 Å². The van der Waals surface area contributed by atoms with Crippen LogP contribution in [0.3, 0.4) is 0 Å². The third-order valence-corrected chi connectivity index (χ3v) is 6.20. The summed E-state index contributed by atoms with van der Waals surface area (Å²) in [4.78, 5) is 25.3. The second-order valence-electron chi connectivity index (χ2n) is 7.37. The smallest absolute Gasteiger partial charge is 0.241 e. The Hall–Kier alpha value is -3.50. The van der Waals surface area contributed by atoms with E-state index in [0.717, 1.165) is 11.3 Å². The number of hydrogen-bond acceptors (Lipinski definition) is 5.